The Bertz CT molecular complexity index is 608. The van der Waals surface area contributed by atoms with Gasteiger partial charge in [0.05, 0.1) is 0 Å². The molecule has 1 unspecified atom stereocenters. The molecule has 0 amide bonds. The van der Waals surface area contributed by atoms with Crippen molar-refractivity contribution in [3.05, 3.63) is 59.3 Å². The number of hydrogen-bond donors (Lipinski definition) is 0. The summed E-state index contributed by atoms with van der Waals surface area (Å²) in [5, 5.41) is 9.13. The molecule has 0 spiro atoms. The summed E-state index contributed by atoms with van der Waals surface area (Å²) in [5.41, 5.74) is 2.28. The summed E-state index contributed by atoms with van der Waals surface area (Å²) in [4.78, 5) is 4.30. The molecule has 102 valence electrons. The van der Waals surface area contributed by atoms with Crippen molar-refractivity contribution in [3.63, 3.8) is 0 Å². The Hall–Kier alpha value is -2.05. The molecule has 0 saturated heterocycles. The number of rotatable bonds is 5. The average Bonchev–Trinajstić information content (AvgIpc) is 2.48. The molecular weight excluding hydrogens is 272 g/mol. The Labute approximate surface area is 123 Å². The smallest absolute Gasteiger partial charge is 0.232 e. The minimum absolute atomic E-state index is 0.199. The van der Waals surface area contributed by atoms with Gasteiger partial charge in [-0.25, -0.2) is 4.98 Å². The Balaban J connectivity index is 2.29. The summed E-state index contributed by atoms with van der Waals surface area (Å²) in [5.74, 6) is 0.847. The largest absolute Gasteiger partial charge is 0.468 e. The number of nitriles is 1. The third kappa shape index (κ3) is 3.49. The van der Waals surface area contributed by atoms with E-state index in [9.17, 15) is 0 Å². The molecule has 1 heterocycles. The van der Waals surface area contributed by atoms with E-state index in [1.807, 2.05) is 37.3 Å². The fourth-order valence-electron chi connectivity index (χ4n) is 1.90. The monoisotopic (exact) mass is 286 g/mol. The second kappa shape index (κ2) is 6.93. The Morgan fingerprint density at radius 3 is 2.65 bits per heavy atom. The van der Waals surface area contributed by atoms with E-state index >= 15 is 0 Å². The van der Waals surface area contributed by atoms with Crippen molar-refractivity contribution >= 4 is 11.6 Å². The molecule has 0 aliphatic rings. The van der Waals surface area contributed by atoms with Gasteiger partial charge in [0.25, 0.3) is 0 Å². The predicted molar refractivity (Wildman–Crippen MR) is 78.8 cm³/mol. The number of aromatic nitrogens is 1. The van der Waals surface area contributed by atoms with Crippen LogP contribution in [-0.2, 0) is 0 Å². The summed E-state index contributed by atoms with van der Waals surface area (Å²) >= 11 is 5.85. The van der Waals surface area contributed by atoms with E-state index in [4.69, 9.17) is 21.6 Å². The first-order chi connectivity index (χ1) is 9.74. The standard InChI is InChI=1S/C16H15ClN2O/c1-12-7-8-14(11-18)16(19-12)20-15(9-10-17)13-5-3-2-4-6-13/h2-8,15H,9-10H2,1H3. The van der Waals surface area contributed by atoms with Crippen molar-refractivity contribution in [2.45, 2.75) is 19.4 Å². The van der Waals surface area contributed by atoms with Gasteiger partial charge in [-0.3, -0.25) is 0 Å². The summed E-state index contributed by atoms with van der Waals surface area (Å²) < 4.78 is 5.93. The van der Waals surface area contributed by atoms with Crippen molar-refractivity contribution in [3.8, 4) is 11.9 Å². The van der Waals surface area contributed by atoms with Crippen LogP contribution in [0.1, 0.15) is 29.3 Å². The first kappa shape index (κ1) is 14.4. The number of pyridine rings is 1. The zero-order chi connectivity index (χ0) is 14.4. The average molecular weight is 287 g/mol. The Kier molecular flexibility index (Phi) is 4.97. The van der Waals surface area contributed by atoms with E-state index in [2.05, 4.69) is 11.1 Å². The van der Waals surface area contributed by atoms with Crippen LogP contribution >= 0.6 is 11.6 Å². The minimum atomic E-state index is -0.199. The molecule has 2 rings (SSSR count). The van der Waals surface area contributed by atoms with Gasteiger partial charge in [-0.2, -0.15) is 5.26 Å². The quantitative estimate of drug-likeness (QED) is 0.780. The fraction of sp³-hybridized carbons (Fsp3) is 0.250. The lowest BCUT2D eigenvalue weighted by molar-refractivity contribution is 0.193. The van der Waals surface area contributed by atoms with Crippen LogP contribution in [0.15, 0.2) is 42.5 Å². The van der Waals surface area contributed by atoms with E-state index in [1.54, 1.807) is 12.1 Å². The van der Waals surface area contributed by atoms with Gasteiger partial charge in [-0.15, -0.1) is 11.6 Å². The molecule has 20 heavy (non-hydrogen) atoms. The summed E-state index contributed by atoms with van der Waals surface area (Å²) in [7, 11) is 0. The van der Waals surface area contributed by atoms with Crippen LogP contribution < -0.4 is 4.74 Å². The third-order valence-electron chi connectivity index (χ3n) is 2.92. The number of nitrogens with zero attached hydrogens (tertiary/aromatic N) is 2. The highest BCUT2D eigenvalue weighted by Gasteiger charge is 2.16. The number of hydrogen-bond acceptors (Lipinski definition) is 3. The zero-order valence-corrected chi connectivity index (χ0v) is 12.0. The molecule has 0 fully saturated rings. The molecule has 0 radical (unpaired) electrons. The van der Waals surface area contributed by atoms with Crippen LogP contribution in [0.2, 0.25) is 0 Å². The van der Waals surface area contributed by atoms with Gasteiger partial charge in [-0.05, 0) is 24.6 Å². The molecule has 1 aromatic carbocycles. The Morgan fingerprint density at radius 1 is 1.25 bits per heavy atom. The number of halogens is 1. The van der Waals surface area contributed by atoms with Crippen LogP contribution in [0.25, 0.3) is 0 Å². The second-order valence-electron chi connectivity index (χ2n) is 4.41. The normalized spacial score (nSPS) is 11.7. The van der Waals surface area contributed by atoms with Crippen molar-refractivity contribution < 1.29 is 4.74 Å². The first-order valence-corrected chi connectivity index (χ1v) is 6.93. The maximum Gasteiger partial charge on any atom is 0.232 e. The van der Waals surface area contributed by atoms with Gasteiger partial charge < -0.3 is 4.74 Å². The van der Waals surface area contributed by atoms with Gasteiger partial charge in [0, 0.05) is 18.0 Å². The van der Waals surface area contributed by atoms with Crippen molar-refractivity contribution in [2.75, 3.05) is 5.88 Å². The molecule has 0 bridgehead atoms. The van der Waals surface area contributed by atoms with Crippen molar-refractivity contribution in [2.24, 2.45) is 0 Å². The topological polar surface area (TPSA) is 45.9 Å². The number of benzene rings is 1. The number of alkyl halides is 1. The van der Waals surface area contributed by atoms with E-state index in [-0.39, 0.29) is 6.10 Å². The fourth-order valence-corrected chi connectivity index (χ4v) is 2.10. The minimum Gasteiger partial charge on any atom is -0.468 e. The molecule has 0 aliphatic heterocycles. The summed E-state index contributed by atoms with van der Waals surface area (Å²) in [6.45, 7) is 1.87. The van der Waals surface area contributed by atoms with Crippen LogP contribution in [0.5, 0.6) is 5.88 Å². The van der Waals surface area contributed by atoms with Gasteiger partial charge >= 0.3 is 0 Å². The summed E-state index contributed by atoms with van der Waals surface area (Å²) in [6, 6.07) is 15.4. The SMILES string of the molecule is Cc1ccc(C#N)c(OC(CCCl)c2ccccc2)n1. The predicted octanol–water partition coefficient (Wildman–Crippen LogP) is 4.01. The zero-order valence-electron chi connectivity index (χ0n) is 11.2. The highest BCUT2D eigenvalue weighted by atomic mass is 35.5. The number of aryl methyl sites for hydroxylation is 1. The molecule has 4 heteroatoms. The molecular formula is C16H15ClN2O. The second-order valence-corrected chi connectivity index (χ2v) is 4.79. The molecule has 0 aliphatic carbocycles. The van der Waals surface area contributed by atoms with Crippen LogP contribution in [0.4, 0.5) is 0 Å². The van der Waals surface area contributed by atoms with Crippen LogP contribution in [-0.4, -0.2) is 10.9 Å². The van der Waals surface area contributed by atoms with Gasteiger partial charge in [0.15, 0.2) is 0 Å². The van der Waals surface area contributed by atoms with Gasteiger partial charge in [0.2, 0.25) is 5.88 Å². The van der Waals surface area contributed by atoms with Gasteiger partial charge in [-0.1, -0.05) is 30.3 Å². The summed E-state index contributed by atoms with van der Waals surface area (Å²) in [6.07, 6.45) is 0.460. The van der Waals surface area contributed by atoms with E-state index in [0.717, 1.165) is 11.3 Å². The molecule has 3 nitrogen and oxygen atoms in total. The molecule has 0 saturated carbocycles. The maximum absolute atomic E-state index is 9.13. The lowest BCUT2D eigenvalue weighted by atomic mass is 10.1. The molecule has 1 atom stereocenters. The number of ether oxygens (including phenoxy) is 1. The molecule has 1 aromatic heterocycles. The lowest BCUT2D eigenvalue weighted by Gasteiger charge is -2.18. The van der Waals surface area contributed by atoms with Crippen LogP contribution in [0, 0.1) is 18.3 Å². The molecule has 0 N–H and O–H groups in total. The Morgan fingerprint density at radius 2 is 2.00 bits per heavy atom. The highest BCUT2D eigenvalue weighted by Crippen LogP contribution is 2.26. The van der Waals surface area contributed by atoms with E-state index < -0.39 is 0 Å². The van der Waals surface area contributed by atoms with Crippen molar-refractivity contribution in [1.82, 2.24) is 4.98 Å². The van der Waals surface area contributed by atoms with E-state index in [1.165, 1.54) is 0 Å². The highest BCUT2D eigenvalue weighted by molar-refractivity contribution is 6.17. The third-order valence-corrected chi connectivity index (χ3v) is 3.13. The molecule has 2 aromatic rings. The lowest BCUT2D eigenvalue weighted by Crippen LogP contribution is -2.10. The van der Waals surface area contributed by atoms with Crippen LogP contribution in [0.3, 0.4) is 0 Å². The first-order valence-electron chi connectivity index (χ1n) is 6.40. The van der Waals surface area contributed by atoms with Crippen molar-refractivity contribution in [1.29, 1.82) is 5.26 Å². The maximum atomic E-state index is 9.13. The van der Waals surface area contributed by atoms with Gasteiger partial charge in [0.1, 0.15) is 17.7 Å². The van der Waals surface area contributed by atoms with E-state index in [0.29, 0.717) is 23.7 Å².